The molecule has 0 unspecified atom stereocenters. The maximum atomic E-state index is 13.1. The molecule has 0 aromatic heterocycles. The summed E-state index contributed by atoms with van der Waals surface area (Å²) in [7, 11) is 2.01. The Morgan fingerprint density at radius 3 is 2.54 bits per heavy atom. The molecular formula is C28H31BrN4OS. The molecule has 2 aliphatic rings. The van der Waals surface area contributed by atoms with Gasteiger partial charge in [-0.2, -0.15) is 0 Å². The number of hydrogen-bond donors (Lipinski definition) is 1. The van der Waals surface area contributed by atoms with Crippen LogP contribution in [-0.4, -0.2) is 54.0 Å². The summed E-state index contributed by atoms with van der Waals surface area (Å²) >= 11 is 5.25. The minimum Gasteiger partial charge on any atom is -0.340 e. The molecule has 2 aromatic rings. The molecule has 0 bridgehead atoms. The topological polar surface area (TPSA) is 47.9 Å². The third-order valence-corrected chi connectivity index (χ3v) is 7.95. The maximum absolute atomic E-state index is 13.1. The van der Waals surface area contributed by atoms with Crippen LogP contribution in [0.1, 0.15) is 34.3 Å². The number of amides is 1. The van der Waals surface area contributed by atoms with Crippen molar-refractivity contribution >= 4 is 45.1 Å². The van der Waals surface area contributed by atoms with E-state index in [-0.39, 0.29) is 11.9 Å². The summed E-state index contributed by atoms with van der Waals surface area (Å²) in [5.74, 6) is 1.91. The van der Waals surface area contributed by atoms with Crippen LogP contribution in [0.25, 0.3) is 5.70 Å². The number of amidine groups is 1. The number of likely N-dealkylation sites (N-methyl/N-ethyl adjacent to an activating group) is 1. The molecule has 2 heterocycles. The van der Waals surface area contributed by atoms with Crippen LogP contribution in [0.3, 0.4) is 0 Å². The molecule has 2 aliphatic heterocycles. The fraction of sp³-hybridized carbons (Fsp3) is 0.286. The lowest BCUT2D eigenvalue weighted by atomic mass is 10.0. The Balaban J connectivity index is 1.56. The van der Waals surface area contributed by atoms with Gasteiger partial charge in [-0.15, -0.1) is 11.8 Å². The summed E-state index contributed by atoms with van der Waals surface area (Å²) in [4.78, 5) is 23.3. The smallest absolute Gasteiger partial charge is 0.254 e. The first-order chi connectivity index (χ1) is 16.9. The molecule has 5 nitrogen and oxygen atoms in total. The third kappa shape index (κ3) is 5.57. The molecule has 1 fully saturated rings. The van der Waals surface area contributed by atoms with Crippen molar-refractivity contribution in [2.45, 2.75) is 30.7 Å². The van der Waals surface area contributed by atoms with Crippen molar-refractivity contribution in [1.82, 2.24) is 15.1 Å². The van der Waals surface area contributed by atoms with E-state index in [0.717, 1.165) is 50.7 Å². The number of hydrogen-bond acceptors (Lipinski definition) is 4. The number of rotatable bonds is 5. The monoisotopic (exact) mass is 550 g/mol. The van der Waals surface area contributed by atoms with Crippen LogP contribution in [0.2, 0.25) is 0 Å². The van der Waals surface area contributed by atoms with Crippen molar-refractivity contribution in [2.24, 2.45) is 4.99 Å². The van der Waals surface area contributed by atoms with E-state index in [0.29, 0.717) is 13.1 Å². The van der Waals surface area contributed by atoms with Gasteiger partial charge < -0.3 is 15.1 Å². The zero-order valence-corrected chi connectivity index (χ0v) is 22.8. The molecule has 35 heavy (non-hydrogen) atoms. The first-order valence-corrected chi connectivity index (χ1v) is 13.8. The first kappa shape index (κ1) is 25.3. The standard InChI is InChI=1S/C28H31BrN4OS/c1-5-23(29)27-31-24(21-11-7-6-10-19(21)2)18-26(32(27)3)30-20-14-16-33(17-15-20)28(34)22-12-8-9-13-25(22)35-4/h5-13,18,20,31H,1,14-17H2,2-4H3/b27-23+,30-26?. The zero-order valence-electron chi connectivity index (χ0n) is 20.4. The average molecular weight is 552 g/mol. The molecule has 0 spiro atoms. The Kier molecular flexibility index (Phi) is 8.19. The third-order valence-electron chi connectivity index (χ3n) is 6.45. The second-order valence-corrected chi connectivity index (χ2v) is 10.4. The number of carbonyl (C=O) groups is 1. The number of thioether (sulfide) groups is 1. The summed E-state index contributed by atoms with van der Waals surface area (Å²) in [5, 5.41) is 3.54. The van der Waals surface area contributed by atoms with Crippen LogP contribution in [0.5, 0.6) is 0 Å². The number of halogens is 1. The molecule has 0 radical (unpaired) electrons. The quantitative estimate of drug-likeness (QED) is 0.460. The highest BCUT2D eigenvalue weighted by Crippen LogP contribution is 2.28. The van der Waals surface area contributed by atoms with Gasteiger partial charge in [0.05, 0.1) is 21.8 Å². The Bertz CT molecular complexity index is 1210. The normalized spacial score (nSPS) is 19.3. The minimum absolute atomic E-state index is 0.113. The number of likely N-dealkylation sites (tertiary alicyclic amines) is 1. The lowest BCUT2D eigenvalue weighted by Gasteiger charge is -2.34. The van der Waals surface area contributed by atoms with E-state index in [2.05, 4.69) is 57.9 Å². The summed E-state index contributed by atoms with van der Waals surface area (Å²) in [6.07, 6.45) is 7.59. The molecule has 182 valence electrons. The highest BCUT2D eigenvalue weighted by molar-refractivity contribution is 9.11. The Morgan fingerprint density at radius 2 is 1.86 bits per heavy atom. The highest BCUT2D eigenvalue weighted by Gasteiger charge is 2.27. The van der Waals surface area contributed by atoms with Gasteiger partial charge in [-0.1, -0.05) is 49.1 Å². The van der Waals surface area contributed by atoms with E-state index < -0.39 is 0 Å². The first-order valence-electron chi connectivity index (χ1n) is 11.7. The predicted octanol–water partition coefficient (Wildman–Crippen LogP) is 6.05. The van der Waals surface area contributed by atoms with E-state index in [1.807, 2.05) is 54.6 Å². The Morgan fingerprint density at radius 1 is 1.17 bits per heavy atom. The molecule has 0 atom stereocenters. The Labute approximate surface area is 220 Å². The van der Waals surface area contributed by atoms with E-state index in [9.17, 15) is 4.79 Å². The van der Waals surface area contributed by atoms with Crippen LogP contribution in [0, 0.1) is 6.92 Å². The number of aliphatic imine (C=N–C) groups is 1. The van der Waals surface area contributed by atoms with Crippen molar-refractivity contribution in [3.63, 3.8) is 0 Å². The van der Waals surface area contributed by atoms with Crippen LogP contribution < -0.4 is 5.32 Å². The van der Waals surface area contributed by atoms with Gasteiger partial charge in [0.25, 0.3) is 5.91 Å². The Hall–Kier alpha value is -2.77. The van der Waals surface area contributed by atoms with Crippen LogP contribution in [0.15, 0.2) is 87.5 Å². The van der Waals surface area contributed by atoms with E-state index >= 15 is 0 Å². The molecule has 0 saturated carbocycles. The van der Waals surface area contributed by atoms with E-state index in [1.54, 1.807) is 17.8 Å². The lowest BCUT2D eigenvalue weighted by Crippen LogP contribution is -2.42. The number of benzene rings is 2. The minimum atomic E-state index is 0.113. The number of aryl methyl sites for hydroxylation is 1. The van der Waals surface area contributed by atoms with Crippen molar-refractivity contribution in [3.05, 3.63) is 94.3 Å². The molecule has 1 N–H and O–H groups in total. The lowest BCUT2D eigenvalue weighted by molar-refractivity contribution is 0.0711. The van der Waals surface area contributed by atoms with Crippen molar-refractivity contribution in [2.75, 3.05) is 26.4 Å². The van der Waals surface area contributed by atoms with Gasteiger partial charge in [-0.25, -0.2) is 0 Å². The number of carbonyl (C=O) groups excluding carboxylic acids is 1. The molecule has 1 amide bonds. The second-order valence-electron chi connectivity index (χ2n) is 8.67. The van der Waals surface area contributed by atoms with Gasteiger partial charge in [-0.05, 0) is 59.6 Å². The van der Waals surface area contributed by atoms with Crippen molar-refractivity contribution < 1.29 is 4.79 Å². The van der Waals surface area contributed by atoms with E-state index in [1.165, 1.54) is 5.56 Å². The second kappa shape index (κ2) is 11.3. The summed E-state index contributed by atoms with van der Waals surface area (Å²) in [6, 6.07) is 16.3. The fourth-order valence-electron chi connectivity index (χ4n) is 4.43. The van der Waals surface area contributed by atoms with Crippen LogP contribution in [0.4, 0.5) is 0 Å². The van der Waals surface area contributed by atoms with E-state index in [4.69, 9.17) is 4.99 Å². The largest absolute Gasteiger partial charge is 0.340 e. The van der Waals surface area contributed by atoms with Gasteiger partial charge in [-0.3, -0.25) is 9.79 Å². The molecule has 7 heteroatoms. The molecule has 4 rings (SSSR count). The summed E-state index contributed by atoms with van der Waals surface area (Å²) in [6.45, 7) is 7.44. The van der Waals surface area contributed by atoms with Crippen LogP contribution in [-0.2, 0) is 0 Å². The van der Waals surface area contributed by atoms with Gasteiger partial charge in [0.15, 0.2) is 0 Å². The van der Waals surface area contributed by atoms with Gasteiger partial charge >= 0.3 is 0 Å². The summed E-state index contributed by atoms with van der Waals surface area (Å²) < 4.78 is 0.875. The maximum Gasteiger partial charge on any atom is 0.254 e. The van der Waals surface area contributed by atoms with Crippen LogP contribution >= 0.6 is 27.7 Å². The van der Waals surface area contributed by atoms with Gasteiger partial charge in [0, 0.05) is 36.7 Å². The fourth-order valence-corrected chi connectivity index (χ4v) is 5.38. The molecule has 2 aromatic carbocycles. The molecule has 0 aliphatic carbocycles. The highest BCUT2D eigenvalue weighted by atomic mass is 79.9. The van der Waals surface area contributed by atoms with Gasteiger partial charge in [0.2, 0.25) is 0 Å². The predicted molar refractivity (Wildman–Crippen MR) is 151 cm³/mol. The SMILES string of the molecule is C=C/C(Br)=C1/NC(c2ccccc2C)=CC(=NC2CCN(C(=O)c3ccccc3SC)CC2)N1C. The summed E-state index contributed by atoms with van der Waals surface area (Å²) in [5.41, 5.74) is 4.14. The van der Waals surface area contributed by atoms with Crippen molar-refractivity contribution in [1.29, 1.82) is 0 Å². The molecule has 1 saturated heterocycles. The number of nitrogens with zero attached hydrogens (tertiary/aromatic N) is 3. The number of nitrogens with one attached hydrogen (secondary N) is 1. The average Bonchev–Trinajstić information content (AvgIpc) is 2.89. The zero-order chi connectivity index (χ0) is 24.9. The molecular weight excluding hydrogens is 520 g/mol. The number of allylic oxidation sites excluding steroid dienone is 2. The number of piperidine rings is 1. The van der Waals surface area contributed by atoms with Crippen molar-refractivity contribution in [3.8, 4) is 0 Å². The van der Waals surface area contributed by atoms with Gasteiger partial charge in [0.1, 0.15) is 11.7 Å².